The monoisotopic (exact) mass is 269 g/mol. The van der Waals surface area contributed by atoms with E-state index < -0.39 is 0 Å². The van der Waals surface area contributed by atoms with Gasteiger partial charge in [0.1, 0.15) is 0 Å². The van der Waals surface area contributed by atoms with E-state index in [1.165, 1.54) is 0 Å². The van der Waals surface area contributed by atoms with Gasteiger partial charge in [-0.15, -0.1) is 0 Å². The number of thioether (sulfide) groups is 1. The van der Waals surface area contributed by atoms with Crippen molar-refractivity contribution in [2.75, 3.05) is 11.5 Å². The summed E-state index contributed by atoms with van der Waals surface area (Å²) in [5.74, 6) is 2.88. The maximum Gasteiger partial charge on any atom is 0.259 e. The molecule has 0 bridgehead atoms. The van der Waals surface area contributed by atoms with E-state index in [-0.39, 0.29) is 0 Å². The van der Waals surface area contributed by atoms with E-state index in [1.54, 1.807) is 30.0 Å². The smallest absolute Gasteiger partial charge is 0.259 e. The minimum atomic E-state index is 0.432. The Morgan fingerprint density at radius 2 is 2.29 bits per heavy atom. The first-order chi connectivity index (χ1) is 8.20. The maximum atomic E-state index is 6.06. The van der Waals surface area contributed by atoms with E-state index in [0.29, 0.717) is 28.0 Å². The van der Waals surface area contributed by atoms with E-state index in [2.05, 4.69) is 17.1 Å². The fraction of sp³-hybridized carbons (Fsp3) is 0.273. The van der Waals surface area contributed by atoms with E-state index >= 15 is 0 Å². The zero-order valence-electron chi connectivity index (χ0n) is 9.31. The lowest BCUT2D eigenvalue weighted by Gasteiger charge is -1.99. The van der Waals surface area contributed by atoms with Crippen LogP contribution in [0.25, 0.3) is 11.5 Å². The number of aromatic nitrogens is 2. The van der Waals surface area contributed by atoms with E-state index in [4.69, 9.17) is 21.9 Å². The molecule has 0 fully saturated rings. The van der Waals surface area contributed by atoms with E-state index in [1.807, 2.05) is 0 Å². The summed E-state index contributed by atoms with van der Waals surface area (Å²) >= 11 is 7.80. The predicted octanol–water partition coefficient (Wildman–Crippen LogP) is 3.23. The second kappa shape index (κ2) is 5.42. The van der Waals surface area contributed by atoms with Crippen LogP contribution in [-0.2, 0) is 5.75 Å². The highest BCUT2D eigenvalue weighted by atomic mass is 35.5. The predicted molar refractivity (Wildman–Crippen MR) is 71.0 cm³/mol. The molecular weight excluding hydrogens is 258 g/mol. The normalized spacial score (nSPS) is 10.7. The van der Waals surface area contributed by atoms with Gasteiger partial charge in [0.2, 0.25) is 0 Å². The number of rotatable bonds is 4. The Kier molecular flexibility index (Phi) is 3.91. The minimum absolute atomic E-state index is 0.432. The lowest BCUT2D eigenvalue weighted by atomic mass is 10.2. The Bertz CT molecular complexity index is 515. The molecule has 4 nitrogen and oxygen atoms in total. The van der Waals surface area contributed by atoms with E-state index in [9.17, 15) is 0 Å². The lowest BCUT2D eigenvalue weighted by Crippen LogP contribution is -1.87. The second-order valence-corrected chi connectivity index (χ2v) is 5.07. The van der Waals surface area contributed by atoms with Crippen molar-refractivity contribution in [3.8, 4) is 11.5 Å². The van der Waals surface area contributed by atoms with Crippen LogP contribution in [-0.4, -0.2) is 15.9 Å². The van der Waals surface area contributed by atoms with Gasteiger partial charge in [-0.1, -0.05) is 23.7 Å². The zero-order valence-corrected chi connectivity index (χ0v) is 10.9. The molecule has 90 valence electrons. The van der Waals surface area contributed by atoms with Gasteiger partial charge in [-0.05, 0) is 24.0 Å². The number of halogens is 1. The third-order valence-corrected chi connectivity index (χ3v) is 3.31. The number of nitrogens with zero attached hydrogens (tertiary/aromatic N) is 2. The first kappa shape index (κ1) is 12.3. The number of nitrogen functional groups attached to an aromatic ring is 1. The van der Waals surface area contributed by atoms with Crippen molar-refractivity contribution in [1.29, 1.82) is 0 Å². The molecule has 17 heavy (non-hydrogen) atoms. The fourth-order valence-electron chi connectivity index (χ4n) is 1.32. The van der Waals surface area contributed by atoms with Crippen LogP contribution in [0.3, 0.4) is 0 Å². The van der Waals surface area contributed by atoms with Crippen LogP contribution in [0.15, 0.2) is 22.7 Å². The van der Waals surface area contributed by atoms with Crippen LogP contribution in [0.4, 0.5) is 5.69 Å². The van der Waals surface area contributed by atoms with Crippen molar-refractivity contribution in [3.05, 3.63) is 29.0 Å². The molecule has 0 aliphatic heterocycles. The van der Waals surface area contributed by atoms with Crippen LogP contribution in [0, 0.1) is 0 Å². The minimum Gasteiger partial charge on any atom is -0.399 e. The largest absolute Gasteiger partial charge is 0.399 e. The molecule has 0 atom stereocenters. The van der Waals surface area contributed by atoms with Crippen LogP contribution >= 0.6 is 23.4 Å². The standard InChI is InChI=1S/C11H12ClN3OS/c1-2-17-6-10-14-11(16-15-10)8-4-3-7(13)5-9(8)12/h3-5H,2,6,13H2,1H3. The molecule has 2 rings (SSSR count). The molecule has 0 radical (unpaired) electrons. The van der Waals surface area contributed by atoms with Crippen LogP contribution in [0.2, 0.25) is 5.02 Å². The summed E-state index contributed by atoms with van der Waals surface area (Å²) in [6, 6.07) is 5.20. The first-order valence-electron chi connectivity index (χ1n) is 5.16. The van der Waals surface area contributed by atoms with Gasteiger partial charge in [0.25, 0.3) is 5.89 Å². The second-order valence-electron chi connectivity index (χ2n) is 3.39. The topological polar surface area (TPSA) is 64.9 Å². The van der Waals surface area contributed by atoms with Crippen LogP contribution in [0.5, 0.6) is 0 Å². The molecule has 0 amide bonds. The van der Waals surface area contributed by atoms with Crippen molar-refractivity contribution in [2.24, 2.45) is 0 Å². The molecule has 0 saturated heterocycles. The molecule has 0 aliphatic rings. The van der Waals surface area contributed by atoms with Gasteiger partial charge >= 0.3 is 0 Å². The highest BCUT2D eigenvalue weighted by Crippen LogP contribution is 2.28. The summed E-state index contributed by atoms with van der Waals surface area (Å²) in [6.07, 6.45) is 0. The SMILES string of the molecule is CCSCc1noc(-c2ccc(N)cc2Cl)n1. The van der Waals surface area contributed by atoms with Gasteiger partial charge in [-0.2, -0.15) is 16.7 Å². The fourth-order valence-corrected chi connectivity index (χ4v) is 2.09. The molecule has 2 N–H and O–H groups in total. The average molecular weight is 270 g/mol. The molecule has 1 heterocycles. The lowest BCUT2D eigenvalue weighted by molar-refractivity contribution is 0.425. The average Bonchev–Trinajstić information content (AvgIpc) is 2.75. The van der Waals surface area contributed by atoms with Gasteiger partial charge in [0, 0.05) is 5.69 Å². The molecule has 2 aromatic rings. The van der Waals surface area contributed by atoms with Gasteiger partial charge in [0.15, 0.2) is 5.82 Å². The van der Waals surface area contributed by atoms with Crippen LogP contribution in [0.1, 0.15) is 12.7 Å². The van der Waals surface area contributed by atoms with Crippen molar-refractivity contribution in [2.45, 2.75) is 12.7 Å². The molecule has 1 aromatic carbocycles. The van der Waals surface area contributed by atoms with E-state index in [0.717, 1.165) is 11.5 Å². The van der Waals surface area contributed by atoms with Gasteiger partial charge in [-0.25, -0.2) is 0 Å². The molecule has 1 aromatic heterocycles. The molecule has 0 spiro atoms. The molecular formula is C11H12ClN3OS. The third kappa shape index (κ3) is 2.92. The van der Waals surface area contributed by atoms with Crippen molar-refractivity contribution in [3.63, 3.8) is 0 Å². The highest BCUT2D eigenvalue weighted by Gasteiger charge is 2.12. The third-order valence-electron chi connectivity index (χ3n) is 2.13. The highest BCUT2D eigenvalue weighted by molar-refractivity contribution is 7.98. The summed E-state index contributed by atoms with van der Waals surface area (Å²) in [7, 11) is 0. The Morgan fingerprint density at radius 3 is 3.00 bits per heavy atom. The van der Waals surface area contributed by atoms with Gasteiger partial charge in [-0.3, -0.25) is 0 Å². The Morgan fingerprint density at radius 1 is 1.47 bits per heavy atom. The molecule has 0 saturated carbocycles. The Balaban J connectivity index is 2.24. The molecule has 0 aliphatic carbocycles. The van der Waals surface area contributed by atoms with Crippen molar-refractivity contribution >= 4 is 29.1 Å². The van der Waals surface area contributed by atoms with Gasteiger partial charge < -0.3 is 10.3 Å². The van der Waals surface area contributed by atoms with Crippen molar-refractivity contribution < 1.29 is 4.52 Å². The van der Waals surface area contributed by atoms with Crippen LogP contribution < -0.4 is 5.73 Å². The number of hydrogen-bond acceptors (Lipinski definition) is 5. The maximum absolute atomic E-state index is 6.06. The number of benzene rings is 1. The molecule has 0 unspecified atom stereocenters. The quantitative estimate of drug-likeness (QED) is 0.864. The zero-order chi connectivity index (χ0) is 12.3. The summed E-state index contributed by atoms with van der Waals surface area (Å²) in [5.41, 5.74) is 6.94. The molecule has 6 heteroatoms. The summed E-state index contributed by atoms with van der Waals surface area (Å²) in [5, 5.41) is 4.41. The Hall–Kier alpha value is -1.20. The summed E-state index contributed by atoms with van der Waals surface area (Å²) in [4.78, 5) is 4.28. The van der Waals surface area contributed by atoms with Crippen molar-refractivity contribution in [1.82, 2.24) is 10.1 Å². The summed E-state index contributed by atoms with van der Waals surface area (Å²) < 4.78 is 5.17. The summed E-state index contributed by atoms with van der Waals surface area (Å²) in [6.45, 7) is 2.09. The van der Waals surface area contributed by atoms with Gasteiger partial charge in [0.05, 0.1) is 16.3 Å². The number of anilines is 1. The number of hydrogen-bond donors (Lipinski definition) is 1. The first-order valence-corrected chi connectivity index (χ1v) is 6.69. The Labute approximate surface area is 109 Å². The number of nitrogens with two attached hydrogens (primary N) is 1.